The largest absolute Gasteiger partial charge is 0.481 e. The quantitative estimate of drug-likeness (QED) is 0.0409. The number of hydrogen-bond acceptors (Lipinski definition) is 9. The Balaban J connectivity index is 1.76. The van der Waals surface area contributed by atoms with Crippen molar-refractivity contribution in [1.29, 1.82) is 0 Å². The molecule has 0 bridgehead atoms. The number of halogens is 1. The van der Waals surface area contributed by atoms with Gasteiger partial charge in [0.15, 0.2) is 0 Å². The second-order valence-electron chi connectivity index (χ2n) is 21.5. The van der Waals surface area contributed by atoms with Crippen LogP contribution in [0.1, 0.15) is 146 Å². The van der Waals surface area contributed by atoms with Crippen LogP contribution >= 0.6 is 22.6 Å². The van der Waals surface area contributed by atoms with Gasteiger partial charge in [0.1, 0.15) is 28.8 Å². The summed E-state index contributed by atoms with van der Waals surface area (Å²) < 4.78 is 12.1. The van der Waals surface area contributed by atoms with Crippen molar-refractivity contribution >= 4 is 75.3 Å². The molecule has 3 rings (SSSR count). The molecule has 1 saturated carbocycles. The minimum absolute atomic E-state index is 0.0727. The topological polar surface area (TPSA) is 246 Å². The van der Waals surface area contributed by atoms with Crippen LogP contribution in [-0.4, -0.2) is 109 Å². The van der Waals surface area contributed by atoms with Crippen molar-refractivity contribution in [2.75, 3.05) is 13.1 Å². The number of fused-ring (bicyclic) bond motifs is 1. The average molecular weight is 1040 g/mol. The van der Waals surface area contributed by atoms with E-state index in [4.69, 9.17) is 9.47 Å². The number of benzene rings is 1. The van der Waals surface area contributed by atoms with Crippen LogP contribution in [0.4, 0.5) is 9.59 Å². The molecular formula is C48H75IN6O11. The Kier molecular flexibility index (Phi) is 19.3. The molecule has 17 nitrogen and oxygen atoms in total. The van der Waals surface area contributed by atoms with Crippen molar-refractivity contribution in [3.05, 3.63) is 33.5 Å². The number of aliphatic carboxylic acids is 2. The van der Waals surface area contributed by atoms with Gasteiger partial charge in [0.05, 0.1) is 0 Å². The van der Waals surface area contributed by atoms with Crippen molar-refractivity contribution in [1.82, 2.24) is 31.2 Å². The van der Waals surface area contributed by atoms with Gasteiger partial charge in [-0.3, -0.25) is 14.4 Å². The monoisotopic (exact) mass is 1040 g/mol. The van der Waals surface area contributed by atoms with E-state index in [1.165, 1.54) is 0 Å². The maximum absolute atomic E-state index is 14.4. The lowest BCUT2D eigenvalue weighted by Gasteiger charge is -2.54. The Labute approximate surface area is 403 Å². The minimum Gasteiger partial charge on any atom is -0.481 e. The highest BCUT2D eigenvalue weighted by molar-refractivity contribution is 14.1. The average Bonchev–Trinajstić information content (AvgIpc) is 3.56. The Bertz CT molecular complexity index is 2040. The summed E-state index contributed by atoms with van der Waals surface area (Å²) in [6.45, 7) is 20.9. The summed E-state index contributed by atoms with van der Waals surface area (Å²) in [6.07, 6.45) is 4.12. The predicted molar refractivity (Wildman–Crippen MR) is 260 cm³/mol. The van der Waals surface area contributed by atoms with Crippen molar-refractivity contribution in [2.24, 2.45) is 17.3 Å². The number of carboxylic acid groups (broad SMARTS) is 2. The molecule has 370 valence electrons. The first kappa shape index (κ1) is 55.7. The zero-order valence-corrected chi connectivity index (χ0v) is 43.2. The second kappa shape index (κ2) is 22.9. The molecule has 0 unspecified atom stereocenters. The van der Waals surface area contributed by atoms with Crippen LogP contribution in [-0.2, 0) is 39.9 Å². The van der Waals surface area contributed by atoms with E-state index in [0.717, 1.165) is 37.8 Å². The summed E-state index contributed by atoms with van der Waals surface area (Å²) in [5.74, 6) is -4.05. The summed E-state index contributed by atoms with van der Waals surface area (Å²) in [6, 6.07) is 2.97. The molecule has 5 amide bonds. The number of nitrogens with one attached hydrogen (secondary N) is 5. The molecule has 1 aromatic heterocycles. The molecule has 3 atom stereocenters. The van der Waals surface area contributed by atoms with E-state index in [0.29, 0.717) is 32.2 Å². The summed E-state index contributed by atoms with van der Waals surface area (Å²) in [7, 11) is 0. The van der Waals surface area contributed by atoms with Crippen molar-refractivity contribution in [3.8, 4) is 0 Å². The van der Waals surface area contributed by atoms with Gasteiger partial charge in [-0.25, -0.2) is 19.2 Å². The third-order valence-corrected chi connectivity index (χ3v) is 12.4. The maximum Gasteiger partial charge on any atom is 0.407 e. The highest BCUT2D eigenvalue weighted by Crippen LogP contribution is 2.44. The number of rotatable bonds is 19. The summed E-state index contributed by atoms with van der Waals surface area (Å²) in [5.41, 5.74) is -4.04. The number of amides is 5. The smallest absolute Gasteiger partial charge is 0.407 e. The zero-order valence-electron chi connectivity index (χ0n) is 41.0. The molecule has 1 fully saturated rings. The van der Waals surface area contributed by atoms with Crippen molar-refractivity contribution < 1.29 is 53.2 Å². The van der Waals surface area contributed by atoms with E-state index in [-0.39, 0.29) is 49.5 Å². The fourth-order valence-corrected chi connectivity index (χ4v) is 9.03. The maximum atomic E-state index is 14.4. The Morgan fingerprint density at radius 1 is 0.818 bits per heavy atom. The Morgan fingerprint density at radius 3 is 1.98 bits per heavy atom. The Hall–Kier alpha value is -4.62. The van der Waals surface area contributed by atoms with E-state index in [1.54, 1.807) is 83.1 Å². The van der Waals surface area contributed by atoms with Crippen LogP contribution in [0, 0.1) is 20.8 Å². The predicted octanol–water partition coefficient (Wildman–Crippen LogP) is 7.67. The van der Waals surface area contributed by atoms with Gasteiger partial charge in [-0.15, -0.1) is 0 Å². The van der Waals surface area contributed by atoms with Gasteiger partial charge in [-0.1, -0.05) is 20.8 Å². The number of unbranched alkanes of at least 4 members (excludes halogenated alkanes) is 1. The summed E-state index contributed by atoms with van der Waals surface area (Å²) >= 11 is 2.23. The van der Waals surface area contributed by atoms with Gasteiger partial charge < -0.3 is 50.8 Å². The van der Waals surface area contributed by atoms with Crippen LogP contribution in [0.3, 0.4) is 0 Å². The highest BCUT2D eigenvalue weighted by Gasteiger charge is 2.58. The van der Waals surface area contributed by atoms with E-state index in [9.17, 15) is 43.8 Å². The first-order valence-electron chi connectivity index (χ1n) is 22.9. The molecule has 0 radical (unpaired) electrons. The normalized spacial score (nSPS) is 17.7. The molecule has 1 heterocycles. The number of aromatic nitrogens is 1. The van der Waals surface area contributed by atoms with E-state index >= 15 is 0 Å². The summed E-state index contributed by atoms with van der Waals surface area (Å²) in [4.78, 5) is 97.4. The second-order valence-corrected chi connectivity index (χ2v) is 22.8. The van der Waals surface area contributed by atoms with Crippen LogP contribution in [0.15, 0.2) is 24.4 Å². The van der Waals surface area contributed by atoms with Gasteiger partial charge in [0.25, 0.3) is 0 Å². The van der Waals surface area contributed by atoms with Gasteiger partial charge in [-0.05, 0) is 171 Å². The summed E-state index contributed by atoms with van der Waals surface area (Å²) in [5, 5.41) is 32.9. The number of H-pyrrole nitrogens is 1. The molecule has 18 heteroatoms. The van der Waals surface area contributed by atoms with Crippen LogP contribution < -0.4 is 21.3 Å². The van der Waals surface area contributed by atoms with Crippen LogP contribution in [0.25, 0.3) is 10.9 Å². The van der Waals surface area contributed by atoms with Crippen LogP contribution in [0.2, 0.25) is 0 Å². The number of carbonyl (C=O) groups excluding carboxylic acids is 5. The number of carboxylic acids is 2. The fourth-order valence-electron chi connectivity index (χ4n) is 8.54. The van der Waals surface area contributed by atoms with Gasteiger partial charge >= 0.3 is 30.0 Å². The standard InChI is InChI=1S/C48H75IN6O11/c1-44(2,3)48(41(61)62,23-22-37(56)57)55(45(4,5)6)42(63)54-35(40(60)65-46(7,8)9)15-13-14-24-50-39(59)36(25-31-28-51-34-21-20-32(49)26-33(31)34)53-38(58)30-18-16-29(17-19-30)27-52-43(64)66-47(10,11)12/h20-21,26,28-30,35-36,51H,13-19,22-25,27H2,1-12H3,(H,50,59)(H,52,64)(H,53,58)(H,54,63)(H,56,57)(H,61,62)/t29?,30?,35-,36+,48-/m0/s1. The molecule has 7 N–H and O–H groups in total. The van der Waals surface area contributed by atoms with Gasteiger partial charge in [-0.2, -0.15) is 0 Å². The number of alkyl carbamates (subject to hydrolysis) is 1. The molecule has 1 aliphatic carbocycles. The molecular weight excluding hydrogens is 963 g/mol. The van der Waals surface area contributed by atoms with E-state index in [2.05, 4.69) is 48.8 Å². The number of aromatic amines is 1. The van der Waals surface area contributed by atoms with E-state index < -0.39 is 76.2 Å². The number of ether oxygens (including phenoxy) is 2. The van der Waals surface area contributed by atoms with Crippen LogP contribution in [0.5, 0.6) is 0 Å². The molecule has 1 aliphatic rings. The number of carbonyl (C=O) groups is 7. The third kappa shape index (κ3) is 16.3. The number of urea groups is 1. The first-order valence-corrected chi connectivity index (χ1v) is 24.0. The molecule has 2 aromatic rings. The van der Waals surface area contributed by atoms with Gasteiger partial charge in [0.2, 0.25) is 11.8 Å². The lowest BCUT2D eigenvalue weighted by molar-refractivity contribution is -0.164. The molecule has 1 aromatic carbocycles. The SMILES string of the molecule is CC(C)(C)OC(=O)NCC1CCC(C(=O)N[C@H](Cc2c[nH]c3ccc(I)cc23)C(=O)NCCCC[C@H](NC(=O)N(C(C)(C)C)[C@@](CCC(=O)O)(C(=O)O)C(C)(C)C)C(=O)OC(C)(C)C)CC1. The highest BCUT2D eigenvalue weighted by atomic mass is 127. The lowest BCUT2D eigenvalue weighted by Crippen LogP contribution is -2.71. The number of esters is 1. The molecule has 0 aliphatic heterocycles. The van der Waals surface area contributed by atoms with Gasteiger partial charge in [0, 0.05) is 58.1 Å². The van der Waals surface area contributed by atoms with Crippen molar-refractivity contribution in [3.63, 3.8) is 0 Å². The molecule has 0 spiro atoms. The zero-order chi connectivity index (χ0) is 50.0. The lowest BCUT2D eigenvalue weighted by atomic mass is 9.68. The van der Waals surface area contributed by atoms with Crippen molar-refractivity contribution in [2.45, 2.75) is 182 Å². The minimum atomic E-state index is -1.99. The first-order chi connectivity index (χ1) is 30.3. The number of nitrogens with zero attached hydrogens (tertiary/aromatic N) is 1. The van der Waals surface area contributed by atoms with E-state index in [1.807, 2.05) is 24.4 Å². The number of hydrogen-bond donors (Lipinski definition) is 7. The molecule has 0 saturated heterocycles. The molecule has 66 heavy (non-hydrogen) atoms. The Morgan fingerprint density at radius 2 is 1.44 bits per heavy atom. The fraction of sp³-hybridized carbons (Fsp3) is 0.688. The third-order valence-electron chi connectivity index (χ3n) is 11.7.